The van der Waals surface area contributed by atoms with Crippen molar-refractivity contribution >= 4 is 17.9 Å². The second kappa shape index (κ2) is 8.69. The van der Waals surface area contributed by atoms with E-state index in [9.17, 15) is 9.59 Å². The molecule has 0 spiro atoms. The van der Waals surface area contributed by atoms with Crippen LogP contribution in [0.5, 0.6) is 0 Å². The summed E-state index contributed by atoms with van der Waals surface area (Å²) in [6.07, 6.45) is 1.24. The van der Waals surface area contributed by atoms with Crippen molar-refractivity contribution < 1.29 is 9.59 Å². The van der Waals surface area contributed by atoms with Gasteiger partial charge in [0.25, 0.3) is 5.91 Å². The number of urea groups is 1. The topological polar surface area (TPSA) is 85.8 Å². The highest BCUT2D eigenvalue weighted by Crippen LogP contribution is 2.20. The third-order valence-electron chi connectivity index (χ3n) is 4.71. The Balaban J connectivity index is 1.73. The Bertz CT molecular complexity index is 671. The molecule has 0 aromatic heterocycles. The van der Waals surface area contributed by atoms with Crippen molar-refractivity contribution in [3.63, 3.8) is 0 Å². The van der Waals surface area contributed by atoms with E-state index in [1.807, 2.05) is 6.92 Å². The van der Waals surface area contributed by atoms with Crippen molar-refractivity contribution in [1.29, 1.82) is 0 Å². The molecule has 1 fully saturated rings. The summed E-state index contributed by atoms with van der Waals surface area (Å²) in [4.78, 5) is 29.8. The Morgan fingerprint density at radius 1 is 1.23 bits per heavy atom. The maximum absolute atomic E-state index is 12.3. The van der Waals surface area contributed by atoms with E-state index in [-0.39, 0.29) is 11.9 Å². The van der Waals surface area contributed by atoms with Gasteiger partial charge in [0.05, 0.1) is 0 Å². The summed E-state index contributed by atoms with van der Waals surface area (Å²) in [5, 5.41) is 9.23. The molecule has 142 valence electrons. The average Bonchev–Trinajstić information content (AvgIpc) is 2.85. The lowest BCUT2D eigenvalue weighted by Crippen LogP contribution is -2.43. The molecule has 0 saturated carbocycles. The summed E-state index contributed by atoms with van der Waals surface area (Å²) >= 11 is 0. The molecular weight excluding hydrogens is 330 g/mol. The van der Waals surface area contributed by atoms with E-state index in [0.29, 0.717) is 38.4 Å². The van der Waals surface area contributed by atoms with Gasteiger partial charge in [0.2, 0.25) is 0 Å². The fourth-order valence-corrected chi connectivity index (χ4v) is 2.75. The highest BCUT2D eigenvalue weighted by Gasteiger charge is 2.45. The van der Waals surface area contributed by atoms with Gasteiger partial charge in [-0.2, -0.15) is 0 Å². The summed E-state index contributed by atoms with van der Waals surface area (Å²) in [6.45, 7) is 7.42. The number of benzene rings is 1. The molecule has 1 aliphatic heterocycles. The Hall–Kier alpha value is -2.57. The second-order valence-electron chi connectivity index (χ2n) is 6.76. The first kappa shape index (κ1) is 19.8. The number of carbonyl (C=O) groups is 2. The number of hydrogen-bond acceptors (Lipinski definition) is 3. The first-order valence-corrected chi connectivity index (χ1v) is 9.04. The fraction of sp³-hybridized carbons (Fsp3) is 0.526. The Morgan fingerprint density at radius 2 is 1.92 bits per heavy atom. The molecule has 2 rings (SSSR count). The lowest BCUT2D eigenvalue weighted by molar-refractivity contribution is -0.130. The normalized spacial score (nSPS) is 20.3. The first-order valence-electron chi connectivity index (χ1n) is 9.04. The van der Waals surface area contributed by atoms with Crippen LogP contribution in [0.3, 0.4) is 0 Å². The molecule has 1 atom stereocenters. The predicted octanol–water partition coefficient (Wildman–Crippen LogP) is 1.77. The van der Waals surface area contributed by atoms with Crippen molar-refractivity contribution in [3.8, 4) is 0 Å². The van der Waals surface area contributed by atoms with Gasteiger partial charge in [0.1, 0.15) is 5.54 Å². The smallest absolute Gasteiger partial charge is 0.325 e. The number of aryl methyl sites for hydroxylation is 1. The number of hydrogen-bond donors (Lipinski definition) is 3. The zero-order valence-corrected chi connectivity index (χ0v) is 16.1. The molecule has 1 unspecified atom stereocenters. The van der Waals surface area contributed by atoms with Gasteiger partial charge < -0.3 is 16.0 Å². The fourth-order valence-electron chi connectivity index (χ4n) is 2.75. The molecule has 0 aliphatic carbocycles. The molecular formula is C19H29N5O2. The number of carbonyl (C=O) groups excluding carboxylic acids is 2. The quantitative estimate of drug-likeness (QED) is 0.300. The van der Waals surface area contributed by atoms with Crippen LogP contribution in [0.1, 0.15) is 37.8 Å². The lowest BCUT2D eigenvalue weighted by atomic mass is 9.99. The second-order valence-corrected chi connectivity index (χ2v) is 6.76. The monoisotopic (exact) mass is 359 g/mol. The Kier molecular flexibility index (Phi) is 6.60. The highest BCUT2D eigenvalue weighted by molar-refractivity contribution is 6.06. The van der Waals surface area contributed by atoms with Gasteiger partial charge in [-0.05, 0) is 32.3 Å². The van der Waals surface area contributed by atoms with E-state index < -0.39 is 5.54 Å². The molecule has 1 aromatic rings. The van der Waals surface area contributed by atoms with Crippen molar-refractivity contribution in [3.05, 3.63) is 35.4 Å². The SMILES string of the molecule is CCC1(C)NC(=O)N(CCCNC(=NC)NCc2ccc(C)cc2)C1=O. The maximum Gasteiger partial charge on any atom is 0.325 e. The van der Waals surface area contributed by atoms with Gasteiger partial charge in [-0.25, -0.2) is 4.79 Å². The van der Waals surface area contributed by atoms with Gasteiger partial charge in [0.15, 0.2) is 5.96 Å². The van der Waals surface area contributed by atoms with E-state index in [1.54, 1.807) is 14.0 Å². The summed E-state index contributed by atoms with van der Waals surface area (Å²) in [7, 11) is 1.72. The van der Waals surface area contributed by atoms with Gasteiger partial charge >= 0.3 is 6.03 Å². The van der Waals surface area contributed by atoms with Crippen molar-refractivity contribution in [2.75, 3.05) is 20.1 Å². The molecule has 0 radical (unpaired) electrons. The van der Waals surface area contributed by atoms with Crippen LogP contribution in [-0.4, -0.2) is 48.5 Å². The molecule has 3 N–H and O–H groups in total. The van der Waals surface area contributed by atoms with Gasteiger partial charge in [-0.15, -0.1) is 0 Å². The number of guanidine groups is 1. The molecule has 0 bridgehead atoms. The van der Waals surface area contributed by atoms with Gasteiger partial charge in [-0.1, -0.05) is 36.8 Å². The number of nitrogens with zero attached hydrogens (tertiary/aromatic N) is 2. The van der Waals surface area contributed by atoms with E-state index >= 15 is 0 Å². The minimum absolute atomic E-state index is 0.146. The zero-order valence-electron chi connectivity index (χ0n) is 16.1. The van der Waals surface area contributed by atoms with Gasteiger partial charge in [0, 0.05) is 26.7 Å². The molecule has 1 heterocycles. The minimum Gasteiger partial charge on any atom is -0.356 e. The molecule has 1 saturated heterocycles. The summed E-state index contributed by atoms with van der Waals surface area (Å²) in [6, 6.07) is 8.02. The molecule has 26 heavy (non-hydrogen) atoms. The van der Waals surface area contributed by atoms with E-state index in [1.165, 1.54) is 16.0 Å². The van der Waals surface area contributed by atoms with Crippen LogP contribution in [0, 0.1) is 6.92 Å². The number of amides is 3. The van der Waals surface area contributed by atoms with Crippen LogP contribution in [0.25, 0.3) is 0 Å². The summed E-state index contributed by atoms with van der Waals surface area (Å²) in [5.74, 6) is 0.549. The largest absolute Gasteiger partial charge is 0.356 e. The van der Waals surface area contributed by atoms with Crippen LogP contribution in [0.2, 0.25) is 0 Å². The summed E-state index contributed by atoms with van der Waals surface area (Å²) < 4.78 is 0. The first-order chi connectivity index (χ1) is 12.4. The average molecular weight is 359 g/mol. The van der Waals surface area contributed by atoms with Crippen molar-refractivity contribution in [2.45, 2.75) is 45.7 Å². The standard InChI is InChI=1S/C19H29N5O2/c1-5-19(3)16(25)24(18(26)23-19)12-6-11-21-17(20-4)22-13-15-9-7-14(2)8-10-15/h7-10H,5-6,11-13H2,1-4H3,(H,23,26)(H2,20,21,22). The lowest BCUT2D eigenvalue weighted by Gasteiger charge is -2.19. The molecule has 7 nitrogen and oxygen atoms in total. The van der Waals surface area contributed by atoms with E-state index in [2.05, 4.69) is 52.1 Å². The highest BCUT2D eigenvalue weighted by atomic mass is 16.2. The Labute approximate surface area is 155 Å². The third-order valence-corrected chi connectivity index (χ3v) is 4.71. The van der Waals surface area contributed by atoms with Crippen LogP contribution in [0.15, 0.2) is 29.3 Å². The van der Waals surface area contributed by atoms with Crippen LogP contribution >= 0.6 is 0 Å². The van der Waals surface area contributed by atoms with Crippen molar-refractivity contribution in [1.82, 2.24) is 20.9 Å². The number of nitrogens with one attached hydrogen (secondary N) is 3. The Morgan fingerprint density at radius 3 is 2.50 bits per heavy atom. The maximum atomic E-state index is 12.3. The third kappa shape index (κ3) is 4.74. The van der Waals surface area contributed by atoms with Crippen LogP contribution < -0.4 is 16.0 Å². The molecule has 7 heteroatoms. The minimum atomic E-state index is -0.768. The molecule has 1 aliphatic rings. The molecule has 1 aromatic carbocycles. The number of aliphatic imine (C=N–C) groups is 1. The summed E-state index contributed by atoms with van der Waals surface area (Å²) in [5.41, 5.74) is 1.64. The zero-order chi connectivity index (χ0) is 19.2. The van der Waals surface area contributed by atoms with Crippen LogP contribution in [0.4, 0.5) is 4.79 Å². The molecule has 3 amide bonds. The number of imide groups is 1. The van der Waals surface area contributed by atoms with Crippen molar-refractivity contribution in [2.24, 2.45) is 4.99 Å². The van der Waals surface area contributed by atoms with Crippen LogP contribution in [-0.2, 0) is 11.3 Å². The van der Waals surface area contributed by atoms with E-state index in [0.717, 1.165) is 0 Å². The predicted molar refractivity (Wildman–Crippen MR) is 103 cm³/mol. The van der Waals surface area contributed by atoms with Gasteiger partial charge in [-0.3, -0.25) is 14.7 Å². The van der Waals surface area contributed by atoms with E-state index in [4.69, 9.17) is 0 Å². The number of rotatable bonds is 7.